The fraction of sp³-hybridized carbons (Fsp3) is 0.421. The first kappa shape index (κ1) is 16.0. The smallest absolute Gasteiger partial charge is 0.226 e. The highest BCUT2D eigenvalue weighted by atomic mass is 16.4. The van der Waals surface area contributed by atoms with Gasteiger partial charge in [0.15, 0.2) is 0 Å². The standard InChI is InChI=1S/C19H23N5O/c1-2-24-14-21-22-18(24)16-9-6-10-23(12-16)13-17-11-20-19(25-17)15-7-4-3-5-8-15/h3-5,7-8,11,14,16H,2,6,9-10,12-13H2,1H3. The van der Waals surface area contributed by atoms with E-state index in [1.807, 2.05) is 42.9 Å². The SMILES string of the molecule is CCn1cnnc1C1CCCN(Cc2cnc(-c3ccccc3)o2)C1. The zero-order valence-electron chi connectivity index (χ0n) is 14.5. The van der Waals surface area contributed by atoms with E-state index in [4.69, 9.17) is 4.42 Å². The van der Waals surface area contributed by atoms with Crippen LogP contribution in [0.15, 0.2) is 47.3 Å². The molecular formula is C19H23N5O. The van der Waals surface area contributed by atoms with Crippen molar-refractivity contribution in [1.29, 1.82) is 0 Å². The third kappa shape index (κ3) is 3.49. The molecule has 3 aromatic rings. The summed E-state index contributed by atoms with van der Waals surface area (Å²) in [5.74, 6) is 3.15. The molecule has 6 heteroatoms. The van der Waals surface area contributed by atoms with Gasteiger partial charge in [0.25, 0.3) is 0 Å². The number of likely N-dealkylation sites (tertiary alicyclic amines) is 1. The maximum absolute atomic E-state index is 5.96. The second-order valence-electron chi connectivity index (χ2n) is 6.55. The van der Waals surface area contributed by atoms with E-state index in [0.29, 0.717) is 11.8 Å². The van der Waals surface area contributed by atoms with Crippen molar-refractivity contribution < 1.29 is 4.42 Å². The van der Waals surface area contributed by atoms with Crippen molar-refractivity contribution in [2.45, 2.75) is 38.8 Å². The normalized spacial score (nSPS) is 18.5. The molecule has 1 aliphatic heterocycles. The molecule has 25 heavy (non-hydrogen) atoms. The van der Waals surface area contributed by atoms with Gasteiger partial charge in [-0.25, -0.2) is 4.98 Å². The monoisotopic (exact) mass is 337 g/mol. The van der Waals surface area contributed by atoms with E-state index in [1.165, 1.54) is 12.8 Å². The van der Waals surface area contributed by atoms with E-state index < -0.39 is 0 Å². The van der Waals surface area contributed by atoms with Crippen LogP contribution < -0.4 is 0 Å². The van der Waals surface area contributed by atoms with Crippen LogP contribution in [0.25, 0.3) is 11.5 Å². The van der Waals surface area contributed by atoms with Crippen molar-refractivity contribution in [2.75, 3.05) is 13.1 Å². The molecule has 0 bridgehead atoms. The van der Waals surface area contributed by atoms with Crippen molar-refractivity contribution in [3.63, 3.8) is 0 Å². The van der Waals surface area contributed by atoms with Crippen LogP contribution in [0.3, 0.4) is 0 Å². The number of nitrogens with zero attached hydrogens (tertiary/aromatic N) is 5. The molecule has 1 fully saturated rings. The fourth-order valence-electron chi connectivity index (χ4n) is 3.55. The average molecular weight is 337 g/mol. The summed E-state index contributed by atoms with van der Waals surface area (Å²) in [5.41, 5.74) is 1.02. The predicted molar refractivity (Wildman–Crippen MR) is 94.9 cm³/mol. The third-order valence-corrected chi connectivity index (χ3v) is 4.81. The zero-order chi connectivity index (χ0) is 17.1. The number of piperidine rings is 1. The van der Waals surface area contributed by atoms with Gasteiger partial charge in [-0.15, -0.1) is 10.2 Å². The molecule has 1 saturated heterocycles. The first-order valence-electron chi connectivity index (χ1n) is 8.93. The minimum absolute atomic E-state index is 0.438. The topological polar surface area (TPSA) is 60.0 Å². The van der Waals surface area contributed by atoms with Gasteiger partial charge in [-0.2, -0.15) is 0 Å². The number of rotatable bonds is 5. The van der Waals surface area contributed by atoms with Crippen LogP contribution in [0, 0.1) is 0 Å². The maximum atomic E-state index is 5.96. The molecule has 130 valence electrons. The molecule has 0 radical (unpaired) electrons. The maximum Gasteiger partial charge on any atom is 0.226 e. The molecule has 1 aliphatic rings. The van der Waals surface area contributed by atoms with E-state index in [1.54, 1.807) is 0 Å². The molecule has 2 aromatic heterocycles. The Hall–Kier alpha value is -2.47. The Bertz CT molecular complexity index is 810. The van der Waals surface area contributed by atoms with Gasteiger partial charge >= 0.3 is 0 Å². The molecule has 0 N–H and O–H groups in total. The summed E-state index contributed by atoms with van der Waals surface area (Å²) in [7, 11) is 0. The van der Waals surface area contributed by atoms with Gasteiger partial charge < -0.3 is 8.98 Å². The largest absolute Gasteiger partial charge is 0.440 e. The molecule has 0 spiro atoms. The summed E-state index contributed by atoms with van der Waals surface area (Å²) >= 11 is 0. The Labute approximate surface area is 147 Å². The lowest BCUT2D eigenvalue weighted by Gasteiger charge is -2.31. The van der Waals surface area contributed by atoms with Crippen LogP contribution in [0.1, 0.15) is 37.3 Å². The van der Waals surface area contributed by atoms with Crippen LogP contribution in [0.4, 0.5) is 0 Å². The van der Waals surface area contributed by atoms with Gasteiger partial charge in [-0.3, -0.25) is 4.90 Å². The number of aromatic nitrogens is 4. The molecule has 1 unspecified atom stereocenters. The molecule has 1 aromatic carbocycles. The Kier molecular flexibility index (Phi) is 4.61. The van der Waals surface area contributed by atoms with Gasteiger partial charge in [0, 0.05) is 24.6 Å². The average Bonchev–Trinajstić information content (AvgIpc) is 3.32. The van der Waals surface area contributed by atoms with E-state index in [-0.39, 0.29) is 0 Å². The highest BCUT2D eigenvalue weighted by Crippen LogP contribution is 2.27. The van der Waals surface area contributed by atoms with Gasteiger partial charge in [0.2, 0.25) is 5.89 Å². The molecule has 3 heterocycles. The summed E-state index contributed by atoms with van der Waals surface area (Å²) in [4.78, 5) is 6.86. The number of hydrogen-bond donors (Lipinski definition) is 0. The first-order chi connectivity index (χ1) is 12.3. The van der Waals surface area contributed by atoms with Crippen molar-refractivity contribution in [1.82, 2.24) is 24.6 Å². The minimum Gasteiger partial charge on any atom is -0.440 e. The quantitative estimate of drug-likeness (QED) is 0.715. The van der Waals surface area contributed by atoms with Crippen LogP contribution in [0.5, 0.6) is 0 Å². The van der Waals surface area contributed by atoms with Gasteiger partial charge in [0.05, 0.1) is 12.7 Å². The molecule has 6 nitrogen and oxygen atoms in total. The Morgan fingerprint density at radius 3 is 2.96 bits per heavy atom. The van der Waals surface area contributed by atoms with Crippen molar-refractivity contribution in [3.8, 4) is 11.5 Å². The molecule has 4 rings (SSSR count). The highest BCUT2D eigenvalue weighted by Gasteiger charge is 2.25. The Balaban J connectivity index is 1.44. The predicted octanol–water partition coefficient (Wildman–Crippen LogP) is 3.33. The molecule has 0 amide bonds. The van der Waals surface area contributed by atoms with E-state index in [2.05, 4.69) is 31.6 Å². The van der Waals surface area contributed by atoms with Crippen LogP contribution >= 0.6 is 0 Å². The summed E-state index contributed by atoms with van der Waals surface area (Å²) in [5, 5.41) is 8.43. The molecule has 0 saturated carbocycles. The highest BCUT2D eigenvalue weighted by molar-refractivity contribution is 5.52. The van der Waals surface area contributed by atoms with Gasteiger partial charge in [-0.1, -0.05) is 18.2 Å². The van der Waals surface area contributed by atoms with Crippen molar-refractivity contribution >= 4 is 0 Å². The Morgan fingerprint density at radius 1 is 1.24 bits per heavy atom. The number of benzene rings is 1. The van der Waals surface area contributed by atoms with Crippen LogP contribution in [-0.2, 0) is 13.1 Å². The fourth-order valence-corrected chi connectivity index (χ4v) is 3.55. The Morgan fingerprint density at radius 2 is 2.12 bits per heavy atom. The summed E-state index contributed by atoms with van der Waals surface area (Å²) < 4.78 is 8.11. The first-order valence-corrected chi connectivity index (χ1v) is 8.93. The summed E-state index contributed by atoms with van der Waals surface area (Å²) in [6.07, 6.45) is 6.01. The minimum atomic E-state index is 0.438. The van der Waals surface area contributed by atoms with Crippen LogP contribution in [0.2, 0.25) is 0 Å². The van der Waals surface area contributed by atoms with E-state index in [9.17, 15) is 0 Å². The van der Waals surface area contributed by atoms with Gasteiger partial charge in [-0.05, 0) is 38.4 Å². The third-order valence-electron chi connectivity index (χ3n) is 4.81. The summed E-state index contributed by atoms with van der Waals surface area (Å²) in [6.45, 7) is 5.91. The van der Waals surface area contributed by atoms with E-state index >= 15 is 0 Å². The van der Waals surface area contributed by atoms with Crippen LogP contribution in [-0.4, -0.2) is 37.7 Å². The van der Waals surface area contributed by atoms with Crippen molar-refractivity contribution in [2.24, 2.45) is 0 Å². The lowest BCUT2D eigenvalue weighted by atomic mass is 9.97. The molecular weight excluding hydrogens is 314 g/mol. The lowest BCUT2D eigenvalue weighted by Crippen LogP contribution is -2.34. The molecule has 0 aliphatic carbocycles. The molecule has 1 atom stereocenters. The van der Waals surface area contributed by atoms with Crippen molar-refractivity contribution in [3.05, 3.63) is 54.4 Å². The lowest BCUT2D eigenvalue weighted by molar-refractivity contribution is 0.182. The number of oxazole rings is 1. The summed E-state index contributed by atoms with van der Waals surface area (Å²) in [6, 6.07) is 10.0. The number of aryl methyl sites for hydroxylation is 1. The van der Waals surface area contributed by atoms with E-state index in [0.717, 1.165) is 43.3 Å². The zero-order valence-corrected chi connectivity index (χ0v) is 14.5. The second kappa shape index (κ2) is 7.19. The second-order valence-corrected chi connectivity index (χ2v) is 6.55. The number of hydrogen-bond acceptors (Lipinski definition) is 5. The van der Waals surface area contributed by atoms with Gasteiger partial charge in [0.1, 0.15) is 17.9 Å².